The van der Waals surface area contributed by atoms with Gasteiger partial charge in [0.25, 0.3) is 0 Å². The average molecular weight is 317 g/mol. The Bertz CT molecular complexity index is 556. The molecule has 0 aliphatic carbocycles. The number of carbonyl (C=O) groups excluding carboxylic acids is 1. The number of nitrogens with zero attached hydrogens (tertiary/aromatic N) is 1. The summed E-state index contributed by atoms with van der Waals surface area (Å²) in [6, 6.07) is 4.10. The molecule has 1 saturated heterocycles. The van der Waals surface area contributed by atoms with Crippen LogP contribution in [-0.2, 0) is 22.3 Å². The number of carbonyl (C=O) groups is 2. The quantitative estimate of drug-likeness (QED) is 0.907. The van der Waals surface area contributed by atoms with E-state index < -0.39 is 23.8 Å². The van der Waals surface area contributed by atoms with Crippen molar-refractivity contribution in [1.82, 2.24) is 4.90 Å². The lowest BCUT2D eigenvalue weighted by Crippen LogP contribution is -2.33. The summed E-state index contributed by atoms with van der Waals surface area (Å²) in [5.41, 5.74) is -0.241. The molecule has 5 nitrogen and oxygen atoms in total. The highest BCUT2D eigenvalue weighted by Gasteiger charge is 2.33. The van der Waals surface area contributed by atoms with E-state index in [-0.39, 0.29) is 32.0 Å². The highest BCUT2D eigenvalue weighted by Crippen LogP contribution is 2.29. The zero-order valence-corrected chi connectivity index (χ0v) is 11.5. The van der Waals surface area contributed by atoms with E-state index in [1.165, 1.54) is 17.0 Å². The van der Waals surface area contributed by atoms with E-state index in [4.69, 9.17) is 9.84 Å². The minimum absolute atomic E-state index is 0.0846. The summed E-state index contributed by atoms with van der Waals surface area (Å²) < 4.78 is 42.3. The molecule has 0 spiro atoms. The summed E-state index contributed by atoms with van der Waals surface area (Å²) in [5, 5.41) is 8.67. The number of carboxylic acid groups (broad SMARTS) is 1. The van der Waals surface area contributed by atoms with Crippen molar-refractivity contribution in [2.75, 3.05) is 6.61 Å². The third kappa shape index (κ3) is 3.90. The van der Waals surface area contributed by atoms with E-state index in [0.29, 0.717) is 5.56 Å². The number of alkyl halides is 3. The molecular formula is C14H14F3NO4. The molecule has 0 radical (unpaired) electrons. The number of aliphatic carboxylic acids is 1. The highest BCUT2D eigenvalue weighted by molar-refractivity contribution is 5.71. The van der Waals surface area contributed by atoms with Crippen molar-refractivity contribution in [3.8, 4) is 0 Å². The van der Waals surface area contributed by atoms with Crippen LogP contribution in [0.25, 0.3) is 0 Å². The van der Waals surface area contributed by atoms with Gasteiger partial charge in [0, 0.05) is 13.0 Å². The molecule has 1 atom stereocenters. The van der Waals surface area contributed by atoms with Crippen molar-refractivity contribution in [2.45, 2.75) is 31.6 Å². The Hall–Kier alpha value is -2.25. The minimum atomic E-state index is -4.41. The predicted octanol–water partition coefficient (Wildman–Crippen LogP) is 2.89. The Morgan fingerprint density at radius 1 is 1.32 bits per heavy atom. The maximum atomic E-state index is 12.5. The van der Waals surface area contributed by atoms with Crippen molar-refractivity contribution < 1.29 is 32.6 Å². The molecule has 1 aromatic rings. The van der Waals surface area contributed by atoms with Crippen LogP contribution in [0.15, 0.2) is 24.3 Å². The van der Waals surface area contributed by atoms with Crippen molar-refractivity contribution in [3.05, 3.63) is 35.4 Å². The van der Waals surface area contributed by atoms with Crippen LogP contribution in [0.3, 0.4) is 0 Å². The fraction of sp³-hybridized carbons (Fsp3) is 0.429. The van der Waals surface area contributed by atoms with Gasteiger partial charge in [0.1, 0.15) is 6.61 Å². The highest BCUT2D eigenvalue weighted by atomic mass is 19.4. The Kier molecular flexibility index (Phi) is 4.58. The van der Waals surface area contributed by atoms with Gasteiger partial charge in [0.2, 0.25) is 0 Å². The van der Waals surface area contributed by atoms with Crippen molar-refractivity contribution in [3.63, 3.8) is 0 Å². The molecule has 22 heavy (non-hydrogen) atoms. The van der Waals surface area contributed by atoms with Crippen LogP contribution in [0, 0.1) is 0 Å². The predicted molar refractivity (Wildman–Crippen MR) is 69.0 cm³/mol. The Morgan fingerprint density at radius 2 is 1.95 bits per heavy atom. The molecule has 0 bridgehead atoms. The van der Waals surface area contributed by atoms with Crippen molar-refractivity contribution >= 4 is 12.1 Å². The Labute approximate surface area is 124 Å². The average Bonchev–Trinajstić information content (AvgIpc) is 2.77. The van der Waals surface area contributed by atoms with Gasteiger partial charge in [0.05, 0.1) is 11.6 Å². The topological polar surface area (TPSA) is 66.8 Å². The van der Waals surface area contributed by atoms with E-state index in [0.717, 1.165) is 12.1 Å². The normalized spacial score (nSPS) is 18.4. The third-order valence-electron chi connectivity index (χ3n) is 3.40. The molecule has 0 saturated carbocycles. The standard InChI is InChI=1S/C14H14F3NO4/c15-14(16,17)10-3-1-9(2-4-10)7-18-11(5-6-12(19)20)8-22-13(18)21/h1-4,11H,5-8H2,(H,19,20). The lowest BCUT2D eigenvalue weighted by atomic mass is 10.1. The Balaban J connectivity index is 2.04. The fourth-order valence-electron chi connectivity index (χ4n) is 2.21. The number of amides is 1. The smallest absolute Gasteiger partial charge is 0.416 e. The lowest BCUT2D eigenvalue weighted by Gasteiger charge is -2.21. The minimum Gasteiger partial charge on any atom is -0.481 e. The van der Waals surface area contributed by atoms with E-state index in [9.17, 15) is 22.8 Å². The van der Waals surface area contributed by atoms with E-state index >= 15 is 0 Å². The van der Waals surface area contributed by atoms with E-state index in [1.807, 2.05) is 0 Å². The van der Waals surface area contributed by atoms with Crippen LogP contribution in [0.1, 0.15) is 24.0 Å². The number of rotatable bonds is 5. The van der Waals surface area contributed by atoms with E-state index in [1.54, 1.807) is 0 Å². The second-order valence-corrected chi connectivity index (χ2v) is 4.99. The summed E-state index contributed by atoms with van der Waals surface area (Å²) in [6.45, 7) is 0.175. The molecular weight excluding hydrogens is 303 g/mol. The molecule has 1 heterocycles. The first-order valence-electron chi connectivity index (χ1n) is 6.58. The molecule has 1 unspecified atom stereocenters. The maximum Gasteiger partial charge on any atom is 0.416 e. The first kappa shape index (κ1) is 16.1. The molecule has 8 heteroatoms. The van der Waals surface area contributed by atoms with Gasteiger partial charge in [-0.25, -0.2) is 4.79 Å². The van der Waals surface area contributed by atoms with Crippen LogP contribution in [0.5, 0.6) is 0 Å². The SMILES string of the molecule is O=C(O)CCC1COC(=O)N1Cc1ccc(C(F)(F)F)cc1. The molecule has 1 aliphatic heterocycles. The number of cyclic esters (lactones) is 1. The van der Waals surface area contributed by atoms with Crippen molar-refractivity contribution in [2.24, 2.45) is 0 Å². The van der Waals surface area contributed by atoms with Crippen molar-refractivity contribution in [1.29, 1.82) is 0 Å². The van der Waals surface area contributed by atoms with Crippen LogP contribution in [-0.4, -0.2) is 34.7 Å². The number of hydrogen-bond donors (Lipinski definition) is 1. The van der Waals surface area contributed by atoms with Gasteiger partial charge in [0.15, 0.2) is 0 Å². The molecule has 1 aromatic carbocycles. The summed E-state index contributed by atoms with van der Waals surface area (Å²) in [6.07, 6.45) is -4.86. The first-order valence-corrected chi connectivity index (χ1v) is 6.58. The zero-order chi connectivity index (χ0) is 16.3. The number of hydrogen-bond acceptors (Lipinski definition) is 3. The van der Waals surface area contributed by atoms with Gasteiger partial charge in [-0.15, -0.1) is 0 Å². The molecule has 1 aliphatic rings. The zero-order valence-electron chi connectivity index (χ0n) is 11.5. The van der Waals surface area contributed by atoms with Crippen LogP contribution >= 0.6 is 0 Å². The molecule has 1 amide bonds. The summed E-state index contributed by atoms with van der Waals surface area (Å²) in [7, 11) is 0. The van der Waals surface area contributed by atoms with Gasteiger partial charge in [-0.1, -0.05) is 12.1 Å². The summed E-state index contributed by atoms with van der Waals surface area (Å²) >= 11 is 0. The van der Waals surface area contributed by atoms with Gasteiger partial charge < -0.3 is 9.84 Å². The van der Waals surface area contributed by atoms with Crippen LogP contribution < -0.4 is 0 Å². The van der Waals surface area contributed by atoms with Gasteiger partial charge in [-0.2, -0.15) is 13.2 Å². The fourth-order valence-corrected chi connectivity index (χ4v) is 2.21. The number of benzene rings is 1. The number of halogens is 3. The van der Waals surface area contributed by atoms with Gasteiger partial charge in [-0.05, 0) is 24.1 Å². The maximum absolute atomic E-state index is 12.5. The summed E-state index contributed by atoms with van der Waals surface area (Å²) in [5.74, 6) is -0.978. The monoisotopic (exact) mass is 317 g/mol. The Morgan fingerprint density at radius 3 is 2.50 bits per heavy atom. The van der Waals surface area contributed by atoms with E-state index in [2.05, 4.69) is 0 Å². The molecule has 1 fully saturated rings. The first-order chi connectivity index (χ1) is 10.3. The van der Waals surface area contributed by atoms with Crippen LogP contribution in [0.2, 0.25) is 0 Å². The number of ether oxygens (including phenoxy) is 1. The molecule has 0 aromatic heterocycles. The lowest BCUT2D eigenvalue weighted by molar-refractivity contribution is -0.138. The number of carboxylic acids is 1. The third-order valence-corrected chi connectivity index (χ3v) is 3.40. The second kappa shape index (κ2) is 6.25. The largest absolute Gasteiger partial charge is 0.481 e. The second-order valence-electron chi connectivity index (χ2n) is 4.99. The van der Waals surface area contributed by atoms with Crippen LogP contribution in [0.4, 0.5) is 18.0 Å². The summed E-state index contributed by atoms with van der Waals surface area (Å²) in [4.78, 5) is 23.6. The molecule has 2 rings (SSSR count). The molecule has 1 N–H and O–H groups in total. The van der Waals surface area contributed by atoms with Gasteiger partial charge >= 0.3 is 18.2 Å². The molecule has 120 valence electrons. The van der Waals surface area contributed by atoms with Gasteiger partial charge in [-0.3, -0.25) is 9.69 Å².